The number of nitrogens with zero attached hydrogens (tertiary/aromatic N) is 1. The second-order valence-electron chi connectivity index (χ2n) is 4.72. The number of anilines is 1. The van der Waals surface area contributed by atoms with Crippen molar-refractivity contribution in [2.24, 2.45) is 0 Å². The molecule has 0 spiro atoms. The quantitative estimate of drug-likeness (QED) is 0.805. The first-order valence-electron chi connectivity index (χ1n) is 6.37. The van der Waals surface area contributed by atoms with Gasteiger partial charge >= 0.3 is 0 Å². The van der Waals surface area contributed by atoms with Crippen molar-refractivity contribution < 1.29 is 8.42 Å². The van der Waals surface area contributed by atoms with E-state index in [1.807, 2.05) is 0 Å². The Labute approximate surface area is 129 Å². The number of hydrogen-bond acceptors (Lipinski definition) is 4. The molecule has 8 heteroatoms. The van der Waals surface area contributed by atoms with Crippen molar-refractivity contribution in [2.75, 3.05) is 31.9 Å². The Morgan fingerprint density at radius 1 is 1.25 bits per heavy atom. The molecule has 1 fully saturated rings. The summed E-state index contributed by atoms with van der Waals surface area (Å²) in [6.45, 7) is 3.09. The average Bonchev–Trinajstić information content (AvgIpc) is 2.88. The second-order valence-corrected chi connectivity index (χ2v) is 7.24. The van der Waals surface area contributed by atoms with Crippen LogP contribution in [0.5, 0.6) is 0 Å². The molecule has 0 atom stereocenters. The zero-order valence-electron chi connectivity index (χ0n) is 10.9. The second kappa shape index (κ2) is 6.49. The minimum absolute atomic E-state index is 0.0360. The largest absolute Gasteiger partial charge is 0.396 e. The first-order chi connectivity index (χ1) is 9.42. The smallest absolute Gasteiger partial charge is 0.242 e. The number of likely N-dealkylation sites (tertiary alicyclic amines) is 1. The van der Waals surface area contributed by atoms with Crippen LogP contribution in [0.1, 0.15) is 12.8 Å². The maximum Gasteiger partial charge on any atom is 0.242 e. The Morgan fingerprint density at radius 2 is 1.90 bits per heavy atom. The number of sulfonamides is 1. The molecule has 1 saturated heterocycles. The molecule has 1 aliphatic heterocycles. The van der Waals surface area contributed by atoms with Crippen LogP contribution in [0, 0.1) is 0 Å². The Balaban J connectivity index is 2.04. The van der Waals surface area contributed by atoms with Crippen LogP contribution >= 0.6 is 23.2 Å². The van der Waals surface area contributed by atoms with E-state index in [2.05, 4.69) is 9.62 Å². The van der Waals surface area contributed by atoms with E-state index in [0.717, 1.165) is 13.1 Å². The molecule has 0 saturated carbocycles. The molecule has 0 aromatic heterocycles. The molecule has 1 aliphatic rings. The van der Waals surface area contributed by atoms with Crippen LogP contribution in [0.25, 0.3) is 0 Å². The maximum absolute atomic E-state index is 12.2. The normalized spacial score (nSPS) is 16.7. The van der Waals surface area contributed by atoms with Crippen molar-refractivity contribution in [1.82, 2.24) is 9.62 Å². The molecule has 20 heavy (non-hydrogen) atoms. The van der Waals surface area contributed by atoms with E-state index < -0.39 is 10.0 Å². The molecule has 1 aromatic carbocycles. The number of hydrogen-bond donors (Lipinski definition) is 2. The van der Waals surface area contributed by atoms with Crippen molar-refractivity contribution in [3.05, 3.63) is 22.2 Å². The van der Waals surface area contributed by atoms with Crippen molar-refractivity contribution in [2.45, 2.75) is 17.7 Å². The van der Waals surface area contributed by atoms with E-state index in [1.54, 1.807) is 0 Å². The lowest BCUT2D eigenvalue weighted by molar-refractivity contribution is 0.344. The van der Waals surface area contributed by atoms with Crippen LogP contribution in [0.3, 0.4) is 0 Å². The molecular weight excluding hydrogens is 321 g/mol. The summed E-state index contributed by atoms with van der Waals surface area (Å²) in [5.41, 5.74) is 5.72. The van der Waals surface area contributed by atoms with E-state index in [0.29, 0.717) is 13.1 Å². The summed E-state index contributed by atoms with van der Waals surface area (Å²) in [7, 11) is -3.67. The molecule has 0 radical (unpaired) electrons. The molecule has 1 heterocycles. The number of nitrogens with two attached hydrogens (primary N) is 1. The topological polar surface area (TPSA) is 75.4 Å². The number of halogens is 2. The lowest BCUT2D eigenvalue weighted by Crippen LogP contribution is -2.33. The van der Waals surface area contributed by atoms with Crippen LogP contribution in [-0.2, 0) is 10.0 Å². The third-order valence-corrected chi connectivity index (χ3v) is 5.65. The summed E-state index contributed by atoms with van der Waals surface area (Å²) >= 11 is 11.7. The van der Waals surface area contributed by atoms with Crippen molar-refractivity contribution in [3.63, 3.8) is 0 Å². The summed E-state index contributed by atoms with van der Waals surface area (Å²) in [4.78, 5) is 2.18. The van der Waals surface area contributed by atoms with Gasteiger partial charge in [0.05, 0.1) is 15.7 Å². The molecule has 1 aromatic rings. The fourth-order valence-electron chi connectivity index (χ4n) is 2.18. The first-order valence-corrected chi connectivity index (χ1v) is 8.61. The van der Waals surface area contributed by atoms with Crippen LogP contribution in [0.4, 0.5) is 5.69 Å². The van der Waals surface area contributed by atoms with Crippen molar-refractivity contribution >= 4 is 38.9 Å². The number of nitrogens with one attached hydrogen (secondary N) is 1. The van der Waals surface area contributed by atoms with Gasteiger partial charge in [-0.15, -0.1) is 0 Å². The molecule has 112 valence electrons. The zero-order valence-corrected chi connectivity index (χ0v) is 13.2. The molecule has 0 bridgehead atoms. The third kappa shape index (κ3) is 3.56. The van der Waals surface area contributed by atoms with E-state index in [1.165, 1.54) is 25.0 Å². The number of benzene rings is 1. The van der Waals surface area contributed by atoms with Crippen LogP contribution in [-0.4, -0.2) is 39.5 Å². The van der Waals surface area contributed by atoms with Gasteiger partial charge in [-0.05, 0) is 38.1 Å². The molecule has 0 aliphatic carbocycles. The fraction of sp³-hybridized carbons (Fsp3) is 0.500. The van der Waals surface area contributed by atoms with Gasteiger partial charge in [-0.25, -0.2) is 13.1 Å². The Morgan fingerprint density at radius 3 is 2.55 bits per heavy atom. The van der Waals surface area contributed by atoms with Crippen LogP contribution in [0.2, 0.25) is 10.0 Å². The third-order valence-electron chi connectivity index (χ3n) is 3.30. The maximum atomic E-state index is 12.2. The lowest BCUT2D eigenvalue weighted by atomic mass is 10.3. The van der Waals surface area contributed by atoms with Gasteiger partial charge < -0.3 is 10.6 Å². The van der Waals surface area contributed by atoms with Gasteiger partial charge in [0.1, 0.15) is 4.90 Å². The molecule has 3 N–H and O–H groups in total. The Bertz CT molecular complexity index is 587. The Kier molecular flexibility index (Phi) is 5.14. The average molecular weight is 338 g/mol. The molecule has 0 unspecified atom stereocenters. The lowest BCUT2D eigenvalue weighted by Gasteiger charge is -2.15. The monoisotopic (exact) mass is 337 g/mol. The van der Waals surface area contributed by atoms with Gasteiger partial charge in [-0.1, -0.05) is 23.2 Å². The van der Waals surface area contributed by atoms with Gasteiger partial charge in [0.15, 0.2) is 0 Å². The van der Waals surface area contributed by atoms with Gasteiger partial charge in [-0.2, -0.15) is 0 Å². The van der Waals surface area contributed by atoms with E-state index >= 15 is 0 Å². The standard InChI is InChI=1S/C12H17Cl2N3O2S/c13-9-3-4-10(11(14)12(9)15)20(18,19)16-5-8-17-6-1-2-7-17/h3-4,16H,1-2,5-8,15H2. The first kappa shape index (κ1) is 15.9. The van der Waals surface area contributed by atoms with Crippen molar-refractivity contribution in [1.29, 1.82) is 0 Å². The van der Waals surface area contributed by atoms with Crippen LogP contribution in [0.15, 0.2) is 17.0 Å². The molecule has 2 rings (SSSR count). The van der Waals surface area contributed by atoms with Crippen LogP contribution < -0.4 is 10.5 Å². The van der Waals surface area contributed by atoms with E-state index in [-0.39, 0.29) is 20.6 Å². The Hall–Kier alpha value is -0.530. The highest BCUT2D eigenvalue weighted by atomic mass is 35.5. The molecule has 5 nitrogen and oxygen atoms in total. The number of nitrogen functional groups attached to an aromatic ring is 1. The zero-order chi connectivity index (χ0) is 14.8. The minimum Gasteiger partial charge on any atom is -0.396 e. The van der Waals surface area contributed by atoms with E-state index in [4.69, 9.17) is 28.9 Å². The highest BCUT2D eigenvalue weighted by molar-refractivity contribution is 7.89. The summed E-state index contributed by atoms with van der Waals surface area (Å²) in [6, 6.07) is 2.79. The highest BCUT2D eigenvalue weighted by Gasteiger charge is 2.21. The molecule has 0 amide bonds. The summed E-state index contributed by atoms with van der Waals surface area (Å²) in [6.07, 6.45) is 2.35. The SMILES string of the molecule is Nc1c(Cl)ccc(S(=O)(=O)NCCN2CCCC2)c1Cl. The van der Waals surface area contributed by atoms with Gasteiger partial charge in [0.25, 0.3) is 0 Å². The predicted octanol–water partition coefficient (Wildman–Crippen LogP) is 1.95. The summed E-state index contributed by atoms with van der Waals surface area (Å²) < 4.78 is 26.9. The predicted molar refractivity (Wildman–Crippen MR) is 81.7 cm³/mol. The minimum atomic E-state index is -3.67. The summed E-state index contributed by atoms with van der Waals surface area (Å²) in [5, 5.41) is 0.206. The van der Waals surface area contributed by atoms with Gasteiger partial charge in [0, 0.05) is 13.1 Å². The van der Waals surface area contributed by atoms with Gasteiger partial charge in [0.2, 0.25) is 10.0 Å². The summed E-state index contributed by atoms with van der Waals surface area (Å²) in [5.74, 6) is 0. The molecular formula is C12H17Cl2N3O2S. The van der Waals surface area contributed by atoms with Crippen molar-refractivity contribution in [3.8, 4) is 0 Å². The number of rotatable bonds is 5. The van der Waals surface area contributed by atoms with Gasteiger partial charge in [-0.3, -0.25) is 0 Å². The van der Waals surface area contributed by atoms with E-state index in [9.17, 15) is 8.42 Å². The fourth-order valence-corrected chi connectivity index (χ4v) is 3.96. The highest BCUT2D eigenvalue weighted by Crippen LogP contribution is 2.32.